The van der Waals surface area contributed by atoms with Gasteiger partial charge in [0.2, 0.25) is 0 Å². The molecule has 0 aliphatic heterocycles. The van der Waals surface area contributed by atoms with Crippen molar-refractivity contribution in [3.05, 3.63) is 0 Å². The summed E-state index contributed by atoms with van der Waals surface area (Å²) < 4.78 is 4.99. The molecule has 2 aliphatic rings. The van der Waals surface area contributed by atoms with Crippen molar-refractivity contribution in [3.63, 3.8) is 0 Å². The molecule has 76 valence electrons. The summed E-state index contributed by atoms with van der Waals surface area (Å²) in [5, 5.41) is 3.46. The van der Waals surface area contributed by atoms with E-state index in [4.69, 9.17) is 4.74 Å². The summed E-state index contributed by atoms with van der Waals surface area (Å²) in [6.45, 7) is 5.45. The molecule has 1 atom stereocenters. The fourth-order valence-electron chi connectivity index (χ4n) is 3.00. The molecule has 2 nitrogen and oxygen atoms in total. The van der Waals surface area contributed by atoms with Crippen molar-refractivity contribution in [2.45, 2.75) is 26.2 Å². The lowest BCUT2D eigenvalue weighted by molar-refractivity contribution is 0.162. The van der Waals surface area contributed by atoms with E-state index in [1.807, 2.05) is 0 Å². The number of nitrogens with one attached hydrogen (secondary N) is 1. The van der Waals surface area contributed by atoms with Crippen LogP contribution in [0.25, 0.3) is 0 Å². The Hall–Kier alpha value is -0.0800. The minimum atomic E-state index is 0.805. The van der Waals surface area contributed by atoms with Crippen LogP contribution in [0, 0.1) is 17.3 Å². The van der Waals surface area contributed by atoms with E-state index in [-0.39, 0.29) is 0 Å². The van der Waals surface area contributed by atoms with Crippen LogP contribution < -0.4 is 5.32 Å². The normalized spacial score (nSPS) is 42.0. The molecule has 13 heavy (non-hydrogen) atoms. The molecule has 2 aliphatic carbocycles. The molecule has 1 spiro atoms. The van der Waals surface area contributed by atoms with Crippen molar-refractivity contribution >= 4 is 0 Å². The van der Waals surface area contributed by atoms with Gasteiger partial charge in [0, 0.05) is 13.7 Å². The maximum absolute atomic E-state index is 4.99. The fraction of sp³-hybridized carbons (Fsp3) is 1.00. The third-order valence-electron chi connectivity index (χ3n) is 3.74. The zero-order valence-electron chi connectivity index (χ0n) is 8.81. The van der Waals surface area contributed by atoms with Crippen molar-refractivity contribution in [1.29, 1.82) is 0 Å². The van der Waals surface area contributed by atoms with Gasteiger partial charge in [-0.15, -0.1) is 0 Å². The van der Waals surface area contributed by atoms with Crippen LogP contribution in [-0.2, 0) is 4.74 Å². The molecule has 1 N–H and O–H groups in total. The molecule has 2 rings (SSSR count). The second-order valence-electron chi connectivity index (χ2n) is 4.97. The van der Waals surface area contributed by atoms with E-state index in [1.165, 1.54) is 25.8 Å². The minimum Gasteiger partial charge on any atom is -0.383 e. The molecule has 0 heterocycles. The third-order valence-corrected chi connectivity index (χ3v) is 3.74. The van der Waals surface area contributed by atoms with Crippen LogP contribution in [-0.4, -0.2) is 26.8 Å². The second kappa shape index (κ2) is 3.58. The van der Waals surface area contributed by atoms with E-state index < -0.39 is 0 Å². The van der Waals surface area contributed by atoms with Crippen molar-refractivity contribution in [2.24, 2.45) is 17.3 Å². The zero-order valence-corrected chi connectivity index (χ0v) is 8.81. The van der Waals surface area contributed by atoms with Gasteiger partial charge < -0.3 is 10.1 Å². The first kappa shape index (κ1) is 9.47. The van der Waals surface area contributed by atoms with Gasteiger partial charge in [-0.25, -0.2) is 0 Å². The van der Waals surface area contributed by atoms with Crippen LogP contribution in [0.4, 0.5) is 0 Å². The van der Waals surface area contributed by atoms with E-state index >= 15 is 0 Å². The summed E-state index contributed by atoms with van der Waals surface area (Å²) in [5.74, 6) is 1.99. The first-order chi connectivity index (χ1) is 6.27. The molecular formula is C11H21NO. The van der Waals surface area contributed by atoms with E-state index in [2.05, 4.69) is 12.2 Å². The van der Waals surface area contributed by atoms with Gasteiger partial charge in [0.25, 0.3) is 0 Å². The van der Waals surface area contributed by atoms with Gasteiger partial charge in [0.15, 0.2) is 0 Å². The fourth-order valence-corrected chi connectivity index (χ4v) is 3.00. The van der Waals surface area contributed by atoms with Gasteiger partial charge in [-0.3, -0.25) is 0 Å². The molecule has 0 aromatic rings. The Balaban J connectivity index is 1.54. The smallest absolute Gasteiger partial charge is 0.0587 e. The molecule has 0 aromatic heterocycles. The highest BCUT2D eigenvalue weighted by Crippen LogP contribution is 2.67. The highest BCUT2D eigenvalue weighted by Gasteiger charge is 2.59. The number of rotatable bonds is 5. The molecular weight excluding hydrogens is 162 g/mol. The lowest BCUT2D eigenvalue weighted by atomic mass is 9.71. The summed E-state index contributed by atoms with van der Waals surface area (Å²) >= 11 is 0. The predicted octanol–water partition coefficient (Wildman–Crippen LogP) is 1.66. The summed E-state index contributed by atoms with van der Waals surface area (Å²) in [4.78, 5) is 0. The molecule has 0 radical (unpaired) electrons. The van der Waals surface area contributed by atoms with E-state index in [9.17, 15) is 0 Å². The number of hydrogen-bond acceptors (Lipinski definition) is 2. The summed E-state index contributed by atoms with van der Waals surface area (Å²) in [6, 6.07) is 0. The highest BCUT2D eigenvalue weighted by atomic mass is 16.5. The average molecular weight is 183 g/mol. The van der Waals surface area contributed by atoms with Crippen LogP contribution in [0.5, 0.6) is 0 Å². The maximum Gasteiger partial charge on any atom is 0.0587 e. The molecule has 2 saturated carbocycles. The first-order valence-electron chi connectivity index (χ1n) is 5.46. The lowest BCUT2D eigenvalue weighted by Gasteiger charge is -2.34. The minimum absolute atomic E-state index is 0.805. The Labute approximate surface area is 81.0 Å². The maximum atomic E-state index is 4.99. The van der Waals surface area contributed by atoms with Gasteiger partial charge in [-0.05, 0) is 43.1 Å². The largest absolute Gasteiger partial charge is 0.383 e. The molecule has 0 aromatic carbocycles. The summed E-state index contributed by atoms with van der Waals surface area (Å²) in [7, 11) is 1.76. The third kappa shape index (κ3) is 1.89. The van der Waals surface area contributed by atoms with Crippen LogP contribution in [0.1, 0.15) is 26.2 Å². The first-order valence-corrected chi connectivity index (χ1v) is 5.46. The Kier molecular flexibility index (Phi) is 2.61. The summed E-state index contributed by atoms with van der Waals surface area (Å²) in [5.41, 5.74) is 0.805. The van der Waals surface area contributed by atoms with E-state index in [0.717, 1.165) is 30.4 Å². The van der Waals surface area contributed by atoms with Crippen LogP contribution >= 0.6 is 0 Å². The van der Waals surface area contributed by atoms with Gasteiger partial charge in [-0.2, -0.15) is 0 Å². The van der Waals surface area contributed by atoms with Crippen LogP contribution in [0.15, 0.2) is 0 Å². The Morgan fingerprint density at radius 3 is 2.77 bits per heavy atom. The van der Waals surface area contributed by atoms with Crippen molar-refractivity contribution in [3.8, 4) is 0 Å². The summed E-state index contributed by atoms with van der Waals surface area (Å²) in [6.07, 6.45) is 4.46. The standard InChI is InChI=1S/C11H21NO/c1-9-5-11(6-9)7-10(11)8-12-3-4-13-2/h9-10,12H,3-8H2,1-2H3. The predicted molar refractivity (Wildman–Crippen MR) is 53.7 cm³/mol. The Morgan fingerprint density at radius 1 is 1.38 bits per heavy atom. The van der Waals surface area contributed by atoms with Crippen LogP contribution in [0.3, 0.4) is 0 Å². The molecule has 1 unspecified atom stereocenters. The SMILES string of the molecule is COCCNCC1CC12CC(C)C2. The molecule has 0 amide bonds. The van der Waals surface area contributed by atoms with E-state index in [0.29, 0.717) is 0 Å². The second-order valence-corrected chi connectivity index (χ2v) is 4.97. The van der Waals surface area contributed by atoms with Gasteiger partial charge in [0.1, 0.15) is 0 Å². The van der Waals surface area contributed by atoms with Crippen molar-refractivity contribution in [1.82, 2.24) is 5.32 Å². The number of ether oxygens (including phenoxy) is 1. The topological polar surface area (TPSA) is 21.3 Å². The highest BCUT2D eigenvalue weighted by molar-refractivity contribution is 5.09. The van der Waals surface area contributed by atoms with Crippen molar-refractivity contribution in [2.75, 3.05) is 26.8 Å². The van der Waals surface area contributed by atoms with Gasteiger partial charge in [0.05, 0.1) is 6.61 Å². The van der Waals surface area contributed by atoms with Gasteiger partial charge >= 0.3 is 0 Å². The molecule has 2 fully saturated rings. The van der Waals surface area contributed by atoms with Crippen molar-refractivity contribution < 1.29 is 4.74 Å². The molecule has 2 heteroatoms. The molecule has 0 saturated heterocycles. The quantitative estimate of drug-likeness (QED) is 0.654. The Bertz CT molecular complexity index is 175. The Morgan fingerprint density at radius 2 is 2.15 bits per heavy atom. The zero-order chi connectivity index (χ0) is 9.31. The molecule has 0 bridgehead atoms. The number of hydrogen-bond donors (Lipinski definition) is 1. The lowest BCUT2D eigenvalue weighted by Crippen LogP contribution is -2.29. The van der Waals surface area contributed by atoms with Crippen LogP contribution in [0.2, 0.25) is 0 Å². The van der Waals surface area contributed by atoms with Gasteiger partial charge in [-0.1, -0.05) is 6.92 Å². The monoisotopic (exact) mass is 183 g/mol. The van der Waals surface area contributed by atoms with E-state index in [1.54, 1.807) is 7.11 Å². The number of methoxy groups -OCH3 is 1. The average Bonchev–Trinajstić information content (AvgIpc) is 2.73.